The van der Waals surface area contributed by atoms with Crippen molar-refractivity contribution in [2.45, 2.75) is 51.5 Å². The molecule has 1 aliphatic rings. The minimum Gasteiger partial charge on any atom is -0.481 e. The summed E-state index contributed by atoms with van der Waals surface area (Å²) < 4.78 is 2.96. The van der Waals surface area contributed by atoms with Gasteiger partial charge in [-0.05, 0) is 44.9 Å². The first-order chi connectivity index (χ1) is 13.3. The molecular weight excluding hydrogens is 422 g/mol. The maximum absolute atomic E-state index is 12.0. The maximum atomic E-state index is 12.0. The number of aryl methyl sites for hydroxylation is 1. The first-order valence-electron chi connectivity index (χ1n) is 9.36. The highest BCUT2D eigenvalue weighted by Crippen LogP contribution is 2.34. The number of carboxylic acids is 1. The molecule has 2 aromatic rings. The Morgan fingerprint density at radius 1 is 1.29 bits per heavy atom. The van der Waals surface area contributed by atoms with Crippen LogP contribution in [0.25, 0.3) is 5.69 Å². The molecule has 3 rings (SSSR count). The minimum absolute atomic E-state index is 0.0176. The highest BCUT2D eigenvalue weighted by molar-refractivity contribution is 9.10. The number of nitrogens with zero attached hydrogens (tertiary/aromatic N) is 2. The summed E-state index contributed by atoms with van der Waals surface area (Å²) in [6.45, 7) is 4.09. The van der Waals surface area contributed by atoms with E-state index in [9.17, 15) is 9.59 Å². The van der Waals surface area contributed by atoms with Crippen LogP contribution in [0, 0.1) is 13.8 Å². The molecule has 6 nitrogen and oxygen atoms in total. The number of halogens is 1. The Labute approximate surface area is 172 Å². The van der Waals surface area contributed by atoms with Crippen LogP contribution in [-0.2, 0) is 9.59 Å². The molecule has 148 valence electrons. The molecule has 0 fully saturated rings. The molecule has 0 unspecified atom stereocenters. The van der Waals surface area contributed by atoms with E-state index in [1.54, 1.807) is 0 Å². The molecule has 2 N–H and O–H groups in total. The Bertz CT molecular complexity index is 920. The number of carbonyl (C=O) groups is 2. The zero-order valence-corrected chi connectivity index (χ0v) is 17.6. The molecule has 0 saturated heterocycles. The number of carboxylic acid groups (broad SMARTS) is 1. The van der Waals surface area contributed by atoms with Gasteiger partial charge < -0.3 is 10.4 Å². The SMILES string of the molecule is Cc1nn(-c2cccc(Br)c2)c(C)c1[C@H]1C=C[C@@H](NC(=O)CCCC(=O)O)C1. The van der Waals surface area contributed by atoms with E-state index in [4.69, 9.17) is 10.2 Å². The van der Waals surface area contributed by atoms with Crippen LogP contribution in [0.1, 0.15) is 48.6 Å². The maximum Gasteiger partial charge on any atom is 0.303 e. The number of rotatable bonds is 7. The highest BCUT2D eigenvalue weighted by atomic mass is 79.9. The first kappa shape index (κ1) is 20.3. The van der Waals surface area contributed by atoms with Crippen molar-refractivity contribution < 1.29 is 14.7 Å². The molecule has 1 heterocycles. The van der Waals surface area contributed by atoms with Crippen LogP contribution in [0.4, 0.5) is 0 Å². The third kappa shape index (κ3) is 4.70. The van der Waals surface area contributed by atoms with Crippen molar-refractivity contribution in [3.8, 4) is 5.69 Å². The molecule has 1 amide bonds. The minimum atomic E-state index is -0.873. The number of aromatic nitrogens is 2. The summed E-state index contributed by atoms with van der Waals surface area (Å²) in [6.07, 6.45) is 5.55. The van der Waals surface area contributed by atoms with Crippen molar-refractivity contribution in [2.75, 3.05) is 0 Å². The van der Waals surface area contributed by atoms with Crippen LogP contribution < -0.4 is 5.32 Å². The Kier molecular flexibility index (Phi) is 6.34. The average molecular weight is 446 g/mol. The predicted molar refractivity (Wildman–Crippen MR) is 111 cm³/mol. The van der Waals surface area contributed by atoms with Crippen LogP contribution in [-0.4, -0.2) is 32.8 Å². The molecule has 2 atom stereocenters. The highest BCUT2D eigenvalue weighted by Gasteiger charge is 2.27. The summed E-state index contributed by atoms with van der Waals surface area (Å²) in [7, 11) is 0. The van der Waals surface area contributed by atoms with E-state index in [1.165, 1.54) is 5.56 Å². The van der Waals surface area contributed by atoms with E-state index in [-0.39, 0.29) is 30.7 Å². The molecule has 0 saturated carbocycles. The van der Waals surface area contributed by atoms with Crippen molar-refractivity contribution in [1.29, 1.82) is 0 Å². The third-order valence-corrected chi connectivity index (χ3v) is 5.49. The number of hydrogen-bond acceptors (Lipinski definition) is 3. The van der Waals surface area contributed by atoms with Gasteiger partial charge in [0.25, 0.3) is 0 Å². The molecule has 0 spiro atoms. The van der Waals surface area contributed by atoms with Crippen LogP contribution >= 0.6 is 15.9 Å². The smallest absolute Gasteiger partial charge is 0.303 e. The summed E-state index contributed by atoms with van der Waals surface area (Å²) in [6, 6.07) is 8.00. The molecule has 7 heteroatoms. The second kappa shape index (κ2) is 8.73. The van der Waals surface area contributed by atoms with Crippen molar-refractivity contribution >= 4 is 27.8 Å². The molecule has 0 aliphatic heterocycles. The van der Waals surface area contributed by atoms with Crippen molar-refractivity contribution in [3.63, 3.8) is 0 Å². The number of allylic oxidation sites excluding steroid dienone is 1. The second-order valence-electron chi connectivity index (χ2n) is 7.12. The van der Waals surface area contributed by atoms with Crippen LogP contribution in [0.3, 0.4) is 0 Å². The van der Waals surface area contributed by atoms with Gasteiger partial charge in [-0.3, -0.25) is 9.59 Å². The summed E-state index contributed by atoms with van der Waals surface area (Å²) in [5, 5.41) is 16.4. The van der Waals surface area contributed by atoms with Gasteiger partial charge in [-0.2, -0.15) is 5.10 Å². The van der Waals surface area contributed by atoms with Crippen LogP contribution in [0.5, 0.6) is 0 Å². The first-order valence-corrected chi connectivity index (χ1v) is 10.2. The Balaban J connectivity index is 1.67. The zero-order valence-electron chi connectivity index (χ0n) is 16.0. The lowest BCUT2D eigenvalue weighted by Gasteiger charge is -2.15. The number of amides is 1. The molecule has 1 aromatic heterocycles. The Morgan fingerprint density at radius 2 is 2.07 bits per heavy atom. The van der Waals surface area contributed by atoms with Gasteiger partial charge >= 0.3 is 5.97 Å². The Morgan fingerprint density at radius 3 is 2.79 bits per heavy atom. The standard InChI is InChI=1S/C21H24BrN3O3/c1-13-21(14(2)25(24-13)18-6-3-5-16(22)12-18)15-9-10-17(11-15)23-19(26)7-4-8-20(27)28/h3,5-6,9-10,12,15,17H,4,7-8,11H2,1-2H3,(H,23,26)(H,27,28)/t15-,17+/m0/s1. The lowest BCUT2D eigenvalue weighted by molar-refractivity contribution is -0.137. The number of hydrogen-bond donors (Lipinski definition) is 2. The molecule has 0 bridgehead atoms. The lowest BCUT2D eigenvalue weighted by Crippen LogP contribution is -2.32. The van der Waals surface area contributed by atoms with Gasteiger partial charge in [0.2, 0.25) is 5.91 Å². The molecule has 0 radical (unpaired) electrons. The lowest BCUT2D eigenvalue weighted by atomic mass is 9.96. The van der Waals surface area contributed by atoms with Crippen LogP contribution in [0.15, 0.2) is 40.9 Å². The average Bonchev–Trinajstić information content (AvgIpc) is 3.18. The van der Waals surface area contributed by atoms with E-state index in [2.05, 4.69) is 34.2 Å². The fourth-order valence-corrected chi connectivity index (χ4v) is 4.14. The summed E-state index contributed by atoms with van der Waals surface area (Å²) in [5.74, 6) is -0.776. The molecule has 28 heavy (non-hydrogen) atoms. The monoisotopic (exact) mass is 445 g/mol. The number of aliphatic carboxylic acids is 1. The predicted octanol–water partition coefficient (Wildman–Crippen LogP) is 4.03. The topological polar surface area (TPSA) is 84.2 Å². The van der Waals surface area contributed by atoms with Crippen molar-refractivity contribution in [3.05, 3.63) is 57.8 Å². The van der Waals surface area contributed by atoms with Gasteiger partial charge in [0.15, 0.2) is 0 Å². The summed E-state index contributed by atoms with van der Waals surface area (Å²) in [5.41, 5.74) is 4.28. The van der Waals surface area contributed by atoms with Gasteiger partial charge in [0.05, 0.1) is 11.4 Å². The van der Waals surface area contributed by atoms with Crippen molar-refractivity contribution in [1.82, 2.24) is 15.1 Å². The number of benzene rings is 1. The van der Waals surface area contributed by atoms with Gasteiger partial charge in [-0.1, -0.05) is 34.1 Å². The van der Waals surface area contributed by atoms with Gasteiger partial charge in [-0.25, -0.2) is 4.68 Å². The number of nitrogens with one attached hydrogen (secondary N) is 1. The van der Waals surface area contributed by atoms with Gasteiger partial charge in [-0.15, -0.1) is 0 Å². The van der Waals surface area contributed by atoms with E-state index in [0.717, 1.165) is 28.0 Å². The third-order valence-electron chi connectivity index (χ3n) is 5.00. The van der Waals surface area contributed by atoms with E-state index >= 15 is 0 Å². The van der Waals surface area contributed by atoms with Crippen LogP contribution in [0.2, 0.25) is 0 Å². The molecule has 1 aromatic carbocycles. The Hall–Kier alpha value is -2.41. The quantitative estimate of drug-likeness (QED) is 0.629. The fourth-order valence-electron chi connectivity index (χ4n) is 3.75. The van der Waals surface area contributed by atoms with E-state index in [0.29, 0.717) is 6.42 Å². The molecular formula is C21H24BrN3O3. The van der Waals surface area contributed by atoms with E-state index < -0.39 is 5.97 Å². The molecule has 1 aliphatic carbocycles. The van der Waals surface area contributed by atoms with Crippen molar-refractivity contribution in [2.24, 2.45) is 0 Å². The fraction of sp³-hybridized carbons (Fsp3) is 0.381. The van der Waals surface area contributed by atoms with Gasteiger partial charge in [0, 0.05) is 40.5 Å². The largest absolute Gasteiger partial charge is 0.481 e. The normalized spacial score (nSPS) is 18.4. The zero-order chi connectivity index (χ0) is 20.3. The summed E-state index contributed by atoms with van der Waals surface area (Å²) >= 11 is 3.51. The van der Waals surface area contributed by atoms with Gasteiger partial charge in [0.1, 0.15) is 0 Å². The number of carbonyl (C=O) groups excluding carboxylic acids is 1. The summed E-state index contributed by atoms with van der Waals surface area (Å²) in [4.78, 5) is 22.6. The van der Waals surface area contributed by atoms with E-state index in [1.807, 2.05) is 41.9 Å². The second-order valence-corrected chi connectivity index (χ2v) is 8.04.